The van der Waals surface area contributed by atoms with Gasteiger partial charge in [0.15, 0.2) is 6.23 Å². The molecule has 2 heterocycles. The average molecular weight is 468 g/mol. The van der Waals surface area contributed by atoms with E-state index < -0.39 is 0 Å². The number of nitrogens with one attached hydrogen (secondary N) is 1. The molecule has 0 aromatic heterocycles. The quantitative estimate of drug-likeness (QED) is 0.368. The van der Waals surface area contributed by atoms with E-state index in [1.165, 1.54) is 41.5 Å². The number of nitrogens with zero attached hydrogens (tertiary/aromatic N) is 2. The Labute approximate surface area is 208 Å². The third kappa shape index (κ3) is 5.28. The van der Waals surface area contributed by atoms with Crippen LogP contribution in [0, 0.1) is 18.3 Å². The maximum Gasteiger partial charge on any atom is 0.196 e. The Morgan fingerprint density at radius 2 is 1.89 bits per heavy atom. The van der Waals surface area contributed by atoms with Gasteiger partial charge in [-0.1, -0.05) is 55.0 Å². The minimum absolute atomic E-state index is 0.245. The van der Waals surface area contributed by atoms with E-state index >= 15 is 0 Å². The van der Waals surface area contributed by atoms with Crippen LogP contribution in [0.15, 0.2) is 60.7 Å². The average Bonchev–Trinajstić information content (AvgIpc) is 3.30. The summed E-state index contributed by atoms with van der Waals surface area (Å²) in [5.41, 5.74) is 6.96. The van der Waals surface area contributed by atoms with Gasteiger partial charge in [-0.2, -0.15) is 5.26 Å². The molecule has 1 atom stereocenters. The van der Waals surface area contributed by atoms with Gasteiger partial charge in [0, 0.05) is 30.2 Å². The summed E-state index contributed by atoms with van der Waals surface area (Å²) in [6.07, 6.45) is 4.81. The van der Waals surface area contributed by atoms with Crippen LogP contribution in [0.2, 0.25) is 0 Å². The molecular formula is C30H33N3O2. The zero-order valence-corrected chi connectivity index (χ0v) is 20.4. The molecule has 1 saturated heterocycles. The number of nitriles is 1. The number of benzene rings is 3. The van der Waals surface area contributed by atoms with Crippen LogP contribution in [-0.4, -0.2) is 24.6 Å². The van der Waals surface area contributed by atoms with Crippen LogP contribution < -0.4 is 14.8 Å². The topological polar surface area (TPSA) is 57.5 Å². The van der Waals surface area contributed by atoms with Gasteiger partial charge < -0.3 is 14.8 Å². The van der Waals surface area contributed by atoms with Crippen molar-refractivity contribution in [3.8, 4) is 28.7 Å². The predicted molar refractivity (Wildman–Crippen MR) is 140 cm³/mol. The number of fused-ring (bicyclic) bond motifs is 1. The molecule has 0 saturated carbocycles. The van der Waals surface area contributed by atoms with Crippen molar-refractivity contribution in [2.24, 2.45) is 0 Å². The van der Waals surface area contributed by atoms with Crippen molar-refractivity contribution in [2.75, 3.05) is 25.0 Å². The van der Waals surface area contributed by atoms with Gasteiger partial charge in [-0.15, -0.1) is 0 Å². The van der Waals surface area contributed by atoms with Crippen molar-refractivity contribution in [1.29, 1.82) is 5.26 Å². The summed E-state index contributed by atoms with van der Waals surface area (Å²) in [5, 5.41) is 12.5. The van der Waals surface area contributed by atoms with E-state index in [0.29, 0.717) is 13.0 Å². The van der Waals surface area contributed by atoms with Crippen molar-refractivity contribution in [1.82, 2.24) is 4.90 Å². The lowest BCUT2D eigenvalue weighted by molar-refractivity contribution is 0.215. The van der Waals surface area contributed by atoms with Crippen molar-refractivity contribution >= 4 is 5.69 Å². The van der Waals surface area contributed by atoms with Gasteiger partial charge in [0.25, 0.3) is 0 Å². The van der Waals surface area contributed by atoms with Gasteiger partial charge in [-0.05, 0) is 62.0 Å². The van der Waals surface area contributed by atoms with E-state index in [9.17, 15) is 0 Å². The van der Waals surface area contributed by atoms with Gasteiger partial charge in [-0.3, -0.25) is 4.90 Å². The summed E-state index contributed by atoms with van der Waals surface area (Å²) in [5.74, 6) is 1.68. The van der Waals surface area contributed by atoms with Crippen molar-refractivity contribution in [3.05, 3.63) is 77.4 Å². The highest BCUT2D eigenvalue weighted by Crippen LogP contribution is 2.44. The smallest absolute Gasteiger partial charge is 0.196 e. The molecule has 0 aliphatic carbocycles. The summed E-state index contributed by atoms with van der Waals surface area (Å²) >= 11 is 0. The number of piperidine rings is 1. The normalized spacial score (nSPS) is 17.2. The van der Waals surface area contributed by atoms with E-state index in [1.807, 2.05) is 12.1 Å². The van der Waals surface area contributed by atoms with Crippen LogP contribution in [0.3, 0.4) is 0 Å². The molecule has 5 rings (SSSR count). The zero-order chi connectivity index (χ0) is 24.0. The molecule has 0 bridgehead atoms. The summed E-state index contributed by atoms with van der Waals surface area (Å²) < 4.78 is 12.6. The van der Waals surface area contributed by atoms with E-state index in [-0.39, 0.29) is 6.23 Å². The first-order valence-electron chi connectivity index (χ1n) is 12.7. The van der Waals surface area contributed by atoms with E-state index in [2.05, 4.69) is 71.7 Å². The number of hydrogen-bond acceptors (Lipinski definition) is 5. The van der Waals surface area contributed by atoms with E-state index in [0.717, 1.165) is 48.8 Å². The molecule has 0 radical (unpaired) electrons. The Morgan fingerprint density at radius 1 is 1.06 bits per heavy atom. The predicted octanol–water partition coefficient (Wildman–Crippen LogP) is 6.83. The highest BCUT2D eigenvalue weighted by Gasteiger charge is 2.28. The molecule has 2 aliphatic heterocycles. The summed E-state index contributed by atoms with van der Waals surface area (Å²) in [6, 6.07) is 23.3. The Balaban J connectivity index is 1.40. The second-order valence-electron chi connectivity index (χ2n) is 9.43. The number of anilines is 1. The van der Waals surface area contributed by atoms with E-state index in [4.69, 9.17) is 14.7 Å². The van der Waals surface area contributed by atoms with Crippen molar-refractivity contribution < 1.29 is 9.47 Å². The maximum absolute atomic E-state index is 8.87. The molecule has 1 fully saturated rings. The fraction of sp³-hybridized carbons (Fsp3) is 0.367. The van der Waals surface area contributed by atoms with Gasteiger partial charge in [-0.25, -0.2) is 0 Å². The van der Waals surface area contributed by atoms with Crippen molar-refractivity contribution in [2.45, 2.75) is 51.8 Å². The highest BCUT2D eigenvalue weighted by atomic mass is 16.5. The third-order valence-corrected chi connectivity index (χ3v) is 6.97. The summed E-state index contributed by atoms with van der Waals surface area (Å²) in [7, 11) is 0. The fourth-order valence-electron chi connectivity index (χ4n) is 5.07. The van der Waals surface area contributed by atoms with Gasteiger partial charge in [0.05, 0.1) is 18.4 Å². The number of ether oxygens (including phenoxy) is 2. The lowest BCUT2D eigenvalue weighted by atomic mass is 9.96. The van der Waals surface area contributed by atoms with Gasteiger partial charge in [0.1, 0.15) is 11.5 Å². The Hall–Kier alpha value is -3.49. The standard InChI is InChI=1S/C30H33N3O2/c1-22-25(23-11-4-2-5-12-23)13-10-14-26(22)30-32-27-19-24(21-33-16-7-3-8-17-33)28(20-29(27)35-30)34-18-9-6-15-31/h2,4-5,10-14,19-20,30,32H,3,6-9,16-18,21H2,1H3. The molecular weight excluding hydrogens is 434 g/mol. The van der Waals surface area contributed by atoms with Crippen LogP contribution in [0.4, 0.5) is 5.69 Å². The number of likely N-dealkylation sites (tertiary alicyclic amines) is 1. The molecule has 3 aromatic rings. The summed E-state index contributed by atoms with van der Waals surface area (Å²) in [4.78, 5) is 2.51. The third-order valence-electron chi connectivity index (χ3n) is 6.97. The van der Waals surface area contributed by atoms with Gasteiger partial charge >= 0.3 is 0 Å². The van der Waals surface area contributed by atoms with E-state index in [1.54, 1.807) is 0 Å². The monoisotopic (exact) mass is 467 g/mol. The van der Waals surface area contributed by atoms with Crippen LogP contribution in [0.1, 0.15) is 55.0 Å². The second kappa shape index (κ2) is 10.8. The number of unbranched alkanes of at least 4 members (excludes halogenated alkanes) is 1. The lowest BCUT2D eigenvalue weighted by Gasteiger charge is -2.27. The number of hydrogen-bond donors (Lipinski definition) is 1. The lowest BCUT2D eigenvalue weighted by Crippen LogP contribution is -2.29. The molecule has 1 unspecified atom stereocenters. The first-order valence-corrected chi connectivity index (χ1v) is 12.7. The molecule has 5 heteroatoms. The molecule has 5 nitrogen and oxygen atoms in total. The number of rotatable bonds is 8. The van der Waals surface area contributed by atoms with Gasteiger partial charge in [0.2, 0.25) is 0 Å². The zero-order valence-electron chi connectivity index (χ0n) is 20.4. The molecule has 2 aliphatic rings. The molecule has 0 amide bonds. The Morgan fingerprint density at radius 3 is 2.69 bits per heavy atom. The van der Waals surface area contributed by atoms with Crippen LogP contribution in [0.25, 0.3) is 11.1 Å². The minimum Gasteiger partial charge on any atom is -0.493 e. The molecule has 180 valence electrons. The molecule has 0 spiro atoms. The largest absolute Gasteiger partial charge is 0.493 e. The first kappa shape index (κ1) is 23.3. The minimum atomic E-state index is -0.245. The Bertz CT molecular complexity index is 1200. The summed E-state index contributed by atoms with van der Waals surface area (Å²) in [6.45, 7) is 5.83. The fourth-order valence-corrected chi connectivity index (χ4v) is 5.07. The molecule has 1 N–H and O–H groups in total. The van der Waals surface area contributed by atoms with Crippen LogP contribution in [-0.2, 0) is 6.54 Å². The molecule has 35 heavy (non-hydrogen) atoms. The SMILES string of the molecule is Cc1c(-c2ccccc2)cccc1C1Nc2cc(CN3CCCCC3)c(OCCCC#N)cc2O1. The Kier molecular flexibility index (Phi) is 7.20. The van der Waals surface area contributed by atoms with Crippen LogP contribution in [0.5, 0.6) is 11.5 Å². The maximum atomic E-state index is 8.87. The van der Waals surface area contributed by atoms with Crippen LogP contribution >= 0.6 is 0 Å². The highest BCUT2D eigenvalue weighted by molar-refractivity contribution is 5.70. The first-order chi connectivity index (χ1) is 17.2. The molecule has 3 aromatic carbocycles. The second-order valence-corrected chi connectivity index (χ2v) is 9.43. The van der Waals surface area contributed by atoms with Crippen molar-refractivity contribution in [3.63, 3.8) is 0 Å².